The first-order valence-electron chi connectivity index (χ1n) is 4.24. The van der Waals surface area contributed by atoms with E-state index in [2.05, 4.69) is 28.8 Å². The van der Waals surface area contributed by atoms with Crippen molar-refractivity contribution in [1.82, 2.24) is 9.38 Å². The molecule has 13 heavy (non-hydrogen) atoms. The largest absolute Gasteiger partial charge is 0.303 e. The van der Waals surface area contributed by atoms with E-state index < -0.39 is 0 Å². The van der Waals surface area contributed by atoms with Crippen LogP contribution >= 0.6 is 11.8 Å². The van der Waals surface area contributed by atoms with Crippen LogP contribution in [0.15, 0.2) is 24.4 Å². The summed E-state index contributed by atoms with van der Waals surface area (Å²) in [5.41, 5.74) is 3.49. The number of pyridine rings is 1. The zero-order valence-corrected chi connectivity index (χ0v) is 8.64. The summed E-state index contributed by atoms with van der Waals surface area (Å²) in [7, 11) is 0. The fourth-order valence-electron chi connectivity index (χ4n) is 1.47. The van der Waals surface area contributed by atoms with Gasteiger partial charge in [0.25, 0.3) is 0 Å². The standard InChI is InChI=1S/C10H12N2S/c1-8-9(7-13-2)12-6-4-3-5-10(12)11-8/h3-6H,7H2,1-2H3. The normalized spacial score (nSPS) is 10.9. The molecule has 0 unspecified atom stereocenters. The van der Waals surface area contributed by atoms with Crippen LogP contribution < -0.4 is 0 Å². The molecule has 0 aliphatic heterocycles. The van der Waals surface area contributed by atoms with Crippen LogP contribution in [0.2, 0.25) is 0 Å². The van der Waals surface area contributed by atoms with Crippen LogP contribution in [-0.4, -0.2) is 15.6 Å². The molecule has 0 amide bonds. The molecular weight excluding hydrogens is 180 g/mol. The van der Waals surface area contributed by atoms with E-state index in [1.165, 1.54) is 5.69 Å². The molecule has 0 fully saturated rings. The Morgan fingerprint density at radius 2 is 2.31 bits per heavy atom. The van der Waals surface area contributed by atoms with Gasteiger partial charge in [0.05, 0.1) is 11.4 Å². The van der Waals surface area contributed by atoms with Crippen LogP contribution in [0.3, 0.4) is 0 Å². The average molecular weight is 192 g/mol. The summed E-state index contributed by atoms with van der Waals surface area (Å²) in [5.74, 6) is 1.02. The van der Waals surface area contributed by atoms with E-state index in [0.29, 0.717) is 0 Å². The third kappa shape index (κ3) is 1.44. The first kappa shape index (κ1) is 8.63. The second-order valence-corrected chi connectivity index (χ2v) is 3.87. The lowest BCUT2D eigenvalue weighted by Gasteiger charge is -1.99. The molecule has 2 aromatic heterocycles. The first-order valence-corrected chi connectivity index (χ1v) is 5.64. The molecule has 0 aliphatic rings. The number of hydrogen-bond donors (Lipinski definition) is 0. The highest BCUT2D eigenvalue weighted by Gasteiger charge is 2.05. The van der Waals surface area contributed by atoms with Crippen molar-refractivity contribution in [3.63, 3.8) is 0 Å². The molecule has 2 heterocycles. The minimum Gasteiger partial charge on any atom is -0.303 e. The Balaban J connectivity index is 2.64. The van der Waals surface area contributed by atoms with Crippen molar-refractivity contribution in [1.29, 1.82) is 0 Å². The van der Waals surface area contributed by atoms with Gasteiger partial charge in [0, 0.05) is 11.9 Å². The number of rotatable bonds is 2. The van der Waals surface area contributed by atoms with Gasteiger partial charge in [0.15, 0.2) is 0 Å². The highest BCUT2D eigenvalue weighted by Crippen LogP contribution is 2.15. The second kappa shape index (κ2) is 3.42. The number of nitrogens with zero attached hydrogens (tertiary/aromatic N) is 2. The predicted octanol–water partition coefficient (Wildman–Crippen LogP) is 2.51. The lowest BCUT2D eigenvalue weighted by Crippen LogP contribution is -1.90. The van der Waals surface area contributed by atoms with Crippen LogP contribution in [0.25, 0.3) is 5.65 Å². The molecule has 0 saturated heterocycles. The lowest BCUT2D eigenvalue weighted by molar-refractivity contribution is 1.08. The predicted molar refractivity (Wildman–Crippen MR) is 57.1 cm³/mol. The van der Waals surface area contributed by atoms with Gasteiger partial charge < -0.3 is 4.40 Å². The number of fused-ring (bicyclic) bond motifs is 1. The molecule has 0 bridgehead atoms. The van der Waals surface area contributed by atoms with Gasteiger partial charge in [-0.2, -0.15) is 11.8 Å². The molecule has 0 atom stereocenters. The molecule has 3 heteroatoms. The van der Waals surface area contributed by atoms with Crippen LogP contribution in [0, 0.1) is 6.92 Å². The molecule has 0 N–H and O–H groups in total. The molecule has 0 aromatic carbocycles. The number of aromatic nitrogens is 2. The Morgan fingerprint density at radius 3 is 3.08 bits per heavy atom. The first-order chi connectivity index (χ1) is 6.33. The number of imidazole rings is 1. The fraction of sp³-hybridized carbons (Fsp3) is 0.300. The minimum absolute atomic E-state index is 1.02. The van der Waals surface area contributed by atoms with Crippen LogP contribution in [0.5, 0.6) is 0 Å². The molecule has 68 valence electrons. The summed E-state index contributed by atoms with van der Waals surface area (Å²) in [4.78, 5) is 4.48. The Bertz CT molecular complexity index is 420. The number of aryl methyl sites for hydroxylation is 1. The second-order valence-electron chi connectivity index (χ2n) is 3.01. The van der Waals surface area contributed by atoms with E-state index in [0.717, 1.165) is 17.1 Å². The van der Waals surface area contributed by atoms with Crippen LogP contribution in [-0.2, 0) is 5.75 Å². The monoisotopic (exact) mass is 192 g/mol. The van der Waals surface area contributed by atoms with Gasteiger partial charge in [-0.3, -0.25) is 0 Å². The maximum atomic E-state index is 4.48. The minimum atomic E-state index is 1.02. The quantitative estimate of drug-likeness (QED) is 0.727. The summed E-state index contributed by atoms with van der Waals surface area (Å²) in [6.45, 7) is 2.07. The summed E-state index contributed by atoms with van der Waals surface area (Å²) < 4.78 is 2.16. The molecule has 0 saturated carbocycles. The summed E-state index contributed by atoms with van der Waals surface area (Å²) in [6.07, 6.45) is 4.18. The molecular formula is C10H12N2S. The Labute approximate surface area is 82.0 Å². The van der Waals surface area contributed by atoms with E-state index in [-0.39, 0.29) is 0 Å². The average Bonchev–Trinajstić information content (AvgIpc) is 2.44. The van der Waals surface area contributed by atoms with Gasteiger partial charge in [-0.25, -0.2) is 4.98 Å². The highest BCUT2D eigenvalue weighted by molar-refractivity contribution is 7.97. The van der Waals surface area contributed by atoms with Gasteiger partial charge in [0.2, 0.25) is 0 Å². The van der Waals surface area contributed by atoms with Crippen LogP contribution in [0.1, 0.15) is 11.4 Å². The fourth-order valence-corrected chi connectivity index (χ4v) is 2.10. The van der Waals surface area contributed by atoms with Crippen molar-refractivity contribution >= 4 is 17.4 Å². The summed E-state index contributed by atoms with van der Waals surface area (Å²) in [5, 5.41) is 0. The third-order valence-corrected chi connectivity index (χ3v) is 2.67. The Hall–Kier alpha value is -0.960. The van der Waals surface area contributed by atoms with Gasteiger partial charge in [0.1, 0.15) is 5.65 Å². The van der Waals surface area contributed by atoms with Gasteiger partial charge in [-0.1, -0.05) is 6.07 Å². The third-order valence-electron chi connectivity index (χ3n) is 2.11. The maximum Gasteiger partial charge on any atom is 0.137 e. The number of hydrogen-bond acceptors (Lipinski definition) is 2. The molecule has 0 spiro atoms. The maximum absolute atomic E-state index is 4.48. The molecule has 0 aliphatic carbocycles. The molecule has 2 rings (SSSR count). The van der Waals surface area contributed by atoms with Crippen molar-refractivity contribution in [3.05, 3.63) is 35.8 Å². The zero-order chi connectivity index (χ0) is 9.26. The van der Waals surface area contributed by atoms with Crippen molar-refractivity contribution in [2.24, 2.45) is 0 Å². The SMILES string of the molecule is CSCc1c(C)nc2ccccn12. The lowest BCUT2D eigenvalue weighted by atomic mass is 10.4. The Kier molecular flexibility index (Phi) is 2.27. The van der Waals surface area contributed by atoms with Gasteiger partial charge in [-0.05, 0) is 25.3 Å². The topological polar surface area (TPSA) is 17.3 Å². The summed E-state index contributed by atoms with van der Waals surface area (Å²) >= 11 is 1.83. The van der Waals surface area contributed by atoms with Crippen molar-refractivity contribution in [2.45, 2.75) is 12.7 Å². The van der Waals surface area contributed by atoms with E-state index in [9.17, 15) is 0 Å². The molecule has 2 aromatic rings. The van der Waals surface area contributed by atoms with Gasteiger partial charge in [-0.15, -0.1) is 0 Å². The zero-order valence-electron chi connectivity index (χ0n) is 7.82. The molecule has 0 radical (unpaired) electrons. The summed E-state index contributed by atoms with van der Waals surface area (Å²) in [6, 6.07) is 6.10. The van der Waals surface area contributed by atoms with Crippen molar-refractivity contribution < 1.29 is 0 Å². The van der Waals surface area contributed by atoms with Gasteiger partial charge >= 0.3 is 0 Å². The smallest absolute Gasteiger partial charge is 0.137 e. The van der Waals surface area contributed by atoms with E-state index in [1.54, 1.807) is 0 Å². The highest BCUT2D eigenvalue weighted by atomic mass is 32.2. The van der Waals surface area contributed by atoms with Crippen molar-refractivity contribution in [3.8, 4) is 0 Å². The van der Waals surface area contributed by atoms with E-state index >= 15 is 0 Å². The van der Waals surface area contributed by atoms with E-state index in [4.69, 9.17) is 0 Å². The molecule has 2 nitrogen and oxygen atoms in total. The van der Waals surface area contributed by atoms with Crippen molar-refractivity contribution in [2.75, 3.05) is 6.26 Å². The number of thioether (sulfide) groups is 1. The Morgan fingerprint density at radius 1 is 1.46 bits per heavy atom. The van der Waals surface area contributed by atoms with Crippen LogP contribution in [0.4, 0.5) is 0 Å². The van der Waals surface area contributed by atoms with E-state index in [1.807, 2.05) is 30.0 Å².